The number of nitrogens with one attached hydrogen (secondary N) is 1. The van der Waals surface area contributed by atoms with Crippen LogP contribution in [0.1, 0.15) is 42.2 Å². The summed E-state index contributed by atoms with van der Waals surface area (Å²) in [5.74, 6) is -0.104. The summed E-state index contributed by atoms with van der Waals surface area (Å²) in [5, 5.41) is 2.94. The molecule has 2 amide bonds. The predicted molar refractivity (Wildman–Crippen MR) is 112 cm³/mol. The minimum Gasteiger partial charge on any atom is -0.349 e. The van der Waals surface area contributed by atoms with E-state index < -0.39 is 0 Å². The first kappa shape index (κ1) is 19.0. The van der Waals surface area contributed by atoms with Gasteiger partial charge < -0.3 is 14.8 Å². The van der Waals surface area contributed by atoms with Crippen LogP contribution in [0.5, 0.6) is 0 Å². The molecule has 0 spiro atoms. The van der Waals surface area contributed by atoms with Gasteiger partial charge in [-0.2, -0.15) is 0 Å². The van der Waals surface area contributed by atoms with E-state index in [9.17, 15) is 9.59 Å². The zero-order chi connectivity index (χ0) is 20.2. The van der Waals surface area contributed by atoms with Gasteiger partial charge in [0.1, 0.15) is 0 Å². The highest BCUT2D eigenvalue weighted by atomic mass is 16.2. The molecule has 2 aromatic carbocycles. The van der Waals surface area contributed by atoms with Gasteiger partial charge >= 0.3 is 0 Å². The van der Waals surface area contributed by atoms with Crippen molar-refractivity contribution in [3.63, 3.8) is 0 Å². The normalized spacial score (nSPS) is 16.7. The maximum atomic E-state index is 13.4. The minimum absolute atomic E-state index is 0.0360. The molecule has 2 heterocycles. The van der Waals surface area contributed by atoms with Gasteiger partial charge in [-0.05, 0) is 23.3 Å². The first-order valence-electron chi connectivity index (χ1n) is 9.95. The molecule has 5 heteroatoms. The Morgan fingerprint density at radius 3 is 2.34 bits per heavy atom. The summed E-state index contributed by atoms with van der Waals surface area (Å²) in [6.45, 7) is 2.90. The van der Waals surface area contributed by atoms with Crippen LogP contribution in [-0.2, 0) is 16.1 Å². The van der Waals surface area contributed by atoms with Crippen molar-refractivity contribution < 1.29 is 9.59 Å². The SMILES string of the molecule is CC(=O)NC(CC(=O)N1CCn2cccc2C1c1ccccc1)c1ccccc1. The molecular formula is C24H25N3O2. The first-order valence-corrected chi connectivity index (χ1v) is 9.95. The van der Waals surface area contributed by atoms with Gasteiger partial charge in [0, 0.05) is 31.9 Å². The lowest BCUT2D eigenvalue weighted by Crippen LogP contribution is -2.43. The van der Waals surface area contributed by atoms with Gasteiger partial charge in [-0.15, -0.1) is 0 Å². The lowest BCUT2D eigenvalue weighted by Gasteiger charge is -2.38. The van der Waals surface area contributed by atoms with Crippen LogP contribution in [-0.4, -0.2) is 27.8 Å². The van der Waals surface area contributed by atoms with E-state index in [0.717, 1.165) is 23.4 Å². The molecule has 1 aliphatic heterocycles. The zero-order valence-corrected chi connectivity index (χ0v) is 16.5. The van der Waals surface area contributed by atoms with Crippen LogP contribution in [0.3, 0.4) is 0 Å². The Balaban J connectivity index is 1.63. The van der Waals surface area contributed by atoms with Crippen molar-refractivity contribution >= 4 is 11.8 Å². The number of rotatable bonds is 5. The van der Waals surface area contributed by atoms with Crippen molar-refractivity contribution in [2.75, 3.05) is 6.54 Å². The van der Waals surface area contributed by atoms with E-state index in [4.69, 9.17) is 0 Å². The molecule has 0 aliphatic carbocycles. The summed E-state index contributed by atoms with van der Waals surface area (Å²) in [5.41, 5.74) is 3.15. The number of hydrogen-bond acceptors (Lipinski definition) is 2. The van der Waals surface area contributed by atoms with Crippen LogP contribution in [0.25, 0.3) is 0 Å². The van der Waals surface area contributed by atoms with Crippen LogP contribution in [0.2, 0.25) is 0 Å². The third-order valence-electron chi connectivity index (χ3n) is 5.43. The maximum Gasteiger partial charge on any atom is 0.225 e. The highest BCUT2D eigenvalue weighted by molar-refractivity contribution is 5.80. The van der Waals surface area contributed by atoms with E-state index in [1.165, 1.54) is 6.92 Å². The molecule has 0 saturated heterocycles. The zero-order valence-electron chi connectivity index (χ0n) is 16.5. The van der Waals surface area contributed by atoms with Gasteiger partial charge in [-0.1, -0.05) is 60.7 Å². The van der Waals surface area contributed by atoms with Crippen molar-refractivity contribution in [1.82, 2.24) is 14.8 Å². The van der Waals surface area contributed by atoms with E-state index in [1.54, 1.807) is 0 Å². The fourth-order valence-corrected chi connectivity index (χ4v) is 4.11. The van der Waals surface area contributed by atoms with Crippen LogP contribution in [0.15, 0.2) is 79.0 Å². The van der Waals surface area contributed by atoms with E-state index in [-0.39, 0.29) is 30.3 Å². The number of amides is 2. The predicted octanol–water partition coefficient (Wildman–Crippen LogP) is 3.69. The summed E-state index contributed by atoms with van der Waals surface area (Å²) in [4.78, 5) is 27.2. The Bertz CT molecular complexity index is 982. The molecule has 0 radical (unpaired) electrons. The van der Waals surface area contributed by atoms with Crippen LogP contribution < -0.4 is 5.32 Å². The molecule has 29 heavy (non-hydrogen) atoms. The average Bonchev–Trinajstić information content (AvgIpc) is 3.22. The van der Waals surface area contributed by atoms with Crippen molar-refractivity contribution in [3.05, 3.63) is 95.8 Å². The largest absolute Gasteiger partial charge is 0.349 e. The Morgan fingerprint density at radius 2 is 1.66 bits per heavy atom. The molecular weight excluding hydrogens is 362 g/mol. The smallest absolute Gasteiger partial charge is 0.225 e. The number of aromatic nitrogens is 1. The lowest BCUT2D eigenvalue weighted by molar-refractivity contribution is -0.134. The quantitative estimate of drug-likeness (QED) is 0.726. The molecule has 2 unspecified atom stereocenters. The van der Waals surface area contributed by atoms with Crippen molar-refractivity contribution in [2.24, 2.45) is 0 Å². The van der Waals surface area contributed by atoms with Crippen molar-refractivity contribution in [2.45, 2.75) is 32.0 Å². The van der Waals surface area contributed by atoms with Crippen LogP contribution >= 0.6 is 0 Å². The number of benzene rings is 2. The van der Waals surface area contributed by atoms with Crippen molar-refractivity contribution in [3.8, 4) is 0 Å². The van der Waals surface area contributed by atoms with Crippen LogP contribution in [0, 0.1) is 0 Å². The van der Waals surface area contributed by atoms with Gasteiger partial charge in [-0.25, -0.2) is 0 Å². The minimum atomic E-state index is -0.341. The Kier molecular flexibility index (Phi) is 5.47. The Labute approximate surface area is 171 Å². The fourth-order valence-electron chi connectivity index (χ4n) is 4.11. The highest BCUT2D eigenvalue weighted by Crippen LogP contribution is 2.33. The molecule has 0 saturated carbocycles. The van der Waals surface area contributed by atoms with E-state index in [2.05, 4.69) is 34.3 Å². The second-order valence-corrected chi connectivity index (χ2v) is 7.39. The molecule has 1 aromatic heterocycles. The fraction of sp³-hybridized carbons (Fsp3) is 0.250. The third-order valence-corrected chi connectivity index (χ3v) is 5.43. The first-order chi connectivity index (χ1) is 14.1. The summed E-state index contributed by atoms with van der Waals surface area (Å²) < 4.78 is 2.21. The van der Waals surface area contributed by atoms with E-state index >= 15 is 0 Å². The van der Waals surface area contributed by atoms with Gasteiger partial charge in [-0.3, -0.25) is 9.59 Å². The van der Waals surface area contributed by atoms with Gasteiger partial charge in [0.05, 0.1) is 18.5 Å². The van der Waals surface area contributed by atoms with Crippen LogP contribution in [0.4, 0.5) is 0 Å². The third kappa shape index (κ3) is 4.09. The molecule has 0 fully saturated rings. The summed E-state index contributed by atoms with van der Waals surface area (Å²) in [6.07, 6.45) is 2.30. The number of fused-ring (bicyclic) bond motifs is 1. The topological polar surface area (TPSA) is 54.3 Å². The monoisotopic (exact) mass is 387 g/mol. The second-order valence-electron chi connectivity index (χ2n) is 7.39. The number of carbonyl (C=O) groups excluding carboxylic acids is 2. The number of carbonyl (C=O) groups is 2. The molecule has 4 rings (SSSR count). The molecule has 3 aromatic rings. The number of hydrogen-bond donors (Lipinski definition) is 1. The van der Waals surface area contributed by atoms with E-state index in [1.807, 2.05) is 59.5 Å². The summed E-state index contributed by atoms with van der Waals surface area (Å²) >= 11 is 0. The van der Waals surface area contributed by atoms with Crippen molar-refractivity contribution in [1.29, 1.82) is 0 Å². The maximum absolute atomic E-state index is 13.4. The Hall–Kier alpha value is -3.34. The molecule has 5 nitrogen and oxygen atoms in total. The standard InChI is InChI=1S/C24H25N3O2/c1-18(28)25-21(19-9-4-2-5-10-19)17-23(29)27-16-15-26-14-8-13-22(26)24(27)20-11-6-3-7-12-20/h2-14,21,24H,15-17H2,1H3,(H,25,28). The highest BCUT2D eigenvalue weighted by Gasteiger charge is 2.33. The van der Waals surface area contributed by atoms with Gasteiger partial charge in [0.15, 0.2) is 0 Å². The Morgan fingerprint density at radius 1 is 0.966 bits per heavy atom. The molecule has 148 valence electrons. The molecule has 2 atom stereocenters. The molecule has 1 N–H and O–H groups in total. The summed E-state index contributed by atoms with van der Waals surface area (Å²) in [6, 6.07) is 23.5. The lowest BCUT2D eigenvalue weighted by atomic mass is 9.97. The number of nitrogens with zero attached hydrogens (tertiary/aromatic N) is 2. The van der Waals surface area contributed by atoms with Gasteiger partial charge in [0.25, 0.3) is 0 Å². The van der Waals surface area contributed by atoms with Gasteiger partial charge in [0.2, 0.25) is 11.8 Å². The molecule has 1 aliphatic rings. The molecule has 0 bridgehead atoms. The summed E-state index contributed by atoms with van der Waals surface area (Å²) in [7, 11) is 0. The van der Waals surface area contributed by atoms with E-state index in [0.29, 0.717) is 6.54 Å². The second kappa shape index (κ2) is 8.35. The average molecular weight is 387 g/mol.